The minimum absolute atomic E-state index is 0.211. The number of aryl methyl sites for hydroxylation is 2. The number of hydrogen-bond acceptors (Lipinski definition) is 12. The first kappa shape index (κ1) is 41.9. The van der Waals surface area contributed by atoms with Crippen molar-refractivity contribution in [1.82, 2.24) is 19.9 Å². The highest BCUT2D eigenvalue weighted by Gasteiger charge is 2.20. The van der Waals surface area contributed by atoms with E-state index in [4.69, 9.17) is 21.1 Å². The molecule has 0 unspecified atom stereocenters. The third kappa shape index (κ3) is 15.2. The van der Waals surface area contributed by atoms with E-state index in [9.17, 15) is 14.4 Å². The molecule has 0 aliphatic carbocycles. The lowest BCUT2D eigenvalue weighted by atomic mass is 10.1. The van der Waals surface area contributed by atoms with Gasteiger partial charge in [-0.2, -0.15) is 0 Å². The zero-order valence-electron chi connectivity index (χ0n) is 31.6. The number of ether oxygens (including phenoxy) is 2. The Morgan fingerprint density at radius 1 is 0.849 bits per heavy atom. The maximum Gasteiger partial charge on any atom is 0.305 e. The minimum atomic E-state index is -0.286. The molecule has 1 saturated heterocycles. The van der Waals surface area contributed by atoms with Gasteiger partial charge in [0.1, 0.15) is 28.9 Å². The molecule has 2 N–H and O–H groups in total. The van der Waals surface area contributed by atoms with E-state index in [1.54, 1.807) is 6.07 Å². The summed E-state index contributed by atoms with van der Waals surface area (Å²) in [6, 6.07) is 7.34. The van der Waals surface area contributed by atoms with Crippen LogP contribution in [0.4, 0.5) is 22.5 Å². The van der Waals surface area contributed by atoms with Crippen LogP contribution in [-0.4, -0.2) is 83.6 Å². The number of unbranched alkanes of at least 4 members (excludes halogenated alkanes) is 9. The van der Waals surface area contributed by atoms with E-state index in [2.05, 4.69) is 42.3 Å². The van der Waals surface area contributed by atoms with Gasteiger partial charge in [-0.25, -0.2) is 15.0 Å². The zero-order chi connectivity index (χ0) is 37.8. The Bertz CT molecular complexity index is 1580. The number of amides is 1. The van der Waals surface area contributed by atoms with Gasteiger partial charge in [0.25, 0.3) is 5.91 Å². The first-order valence-electron chi connectivity index (χ1n) is 19.2. The number of esters is 2. The summed E-state index contributed by atoms with van der Waals surface area (Å²) in [5.41, 5.74) is 1.46. The molecule has 14 heteroatoms. The highest BCUT2D eigenvalue weighted by molar-refractivity contribution is 7.17. The molecule has 0 saturated carbocycles. The molecule has 290 valence electrons. The second kappa shape index (κ2) is 23.1. The third-order valence-electron chi connectivity index (χ3n) is 9.14. The van der Waals surface area contributed by atoms with Crippen molar-refractivity contribution in [2.75, 3.05) is 61.5 Å². The molecule has 0 bridgehead atoms. The quantitative estimate of drug-likeness (QED) is 0.0709. The van der Waals surface area contributed by atoms with Gasteiger partial charge in [-0.05, 0) is 38.3 Å². The molecule has 2 aromatic heterocycles. The van der Waals surface area contributed by atoms with Gasteiger partial charge in [-0.15, -0.1) is 0 Å². The van der Waals surface area contributed by atoms with E-state index in [1.807, 2.05) is 32.0 Å². The van der Waals surface area contributed by atoms with Crippen LogP contribution in [-0.2, 0) is 19.1 Å². The lowest BCUT2D eigenvalue weighted by Gasteiger charge is -2.35. The average molecular weight is 770 g/mol. The molecule has 3 heterocycles. The molecular formula is C39H56ClN7O5S. The molecule has 0 spiro atoms. The molecule has 4 rings (SSSR count). The fraction of sp³-hybridized carbons (Fsp3) is 0.590. The molecule has 0 atom stereocenters. The predicted molar refractivity (Wildman–Crippen MR) is 213 cm³/mol. The number of hydrogen-bond donors (Lipinski definition) is 2. The number of carbonyl (C=O) groups is 3. The third-order valence-corrected chi connectivity index (χ3v) is 10.4. The van der Waals surface area contributed by atoms with Crippen LogP contribution >= 0.6 is 22.9 Å². The summed E-state index contributed by atoms with van der Waals surface area (Å²) in [5, 5.41) is 7.11. The number of para-hydroxylation sites is 1. The van der Waals surface area contributed by atoms with Crippen LogP contribution in [0.2, 0.25) is 5.02 Å². The van der Waals surface area contributed by atoms with Crippen LogP contribution in [0.25, 0.3) is 0 Å². The first-order valence-corrected chi connectivity index (χ1v) is 20.3. The standard InChI is InChI=1S/C39H56ClN7O5S/c1-4-5-6-7-8-9-10-11-12-13-25-51-35(48)18-15-19-36(49)52-26-24-46-20-22-47(23-21-46)34-27-33(42-30(3)43-34)44-39-41-28-32(53-39)38(50)45-37-29(2)16-14-17-31(37)40/h14,16-17,27-28H,4-13,15,18-26H2,1-3H3,(H,45,50)(H,41,42,43,44). The summed E-state index contributed by atoms with van der Waals surface area (Å²) < 4.78 is 10.8. The summed E-state index contributed by atoms with van der Waals surface area (Å²) in [6.07, 6.45) is 14.8. The smallest absolute Gasteiger partial charge is 0.305 e. The molecule has 1 aromatic carbocycles. The van der Waals surface area contributed by atoms with Gasteiger partial charge in [0.15, 0.2) is 5.13 Å². The van der Waals surface area contributed by atoms with E-state index in [0.29, 0.717) is 58.5 Å². The van der Waals surface area contributed by atoms with Crippen molar-refractivity contribution >= 4 is 63.2 Å². The van der Waals surface area contributed by atoms with Crippen molar-refractivity contribution in [1.29, 1.82) is 0 Å². The number of nitrogens with one attached hydrogen (secondary N) is 2. The minimum Gasteiger partial charge on any atom is -0.466 e. The molecule has 1 fully saturated rings. The molecule has 3 aromatic rings. The van der Waals surface area contributed by atoms with E-state index < -0.39 is 0 Å². The van der Waals surface area contributed by atoms with Gasteiger partial charge in [0.05, 0.1) is 23.5 Å². The van der Waals surface area contributed by atoms with Gasteiger partial charge >= 0.3 is 11.9 Å². The van der Waals surface area contributed by atoms with Crippen LogP contribution in [0, 0.1) is 13.8 Å². The number of piperazine rings is 1. The van der Waals surface area contributed by atoms with Crippen molar-refractivity contribution < 1.29 is 23.9 Å². The number of thiazole rings is 1. The molecule has 1 aliphatic heterocycles. The molecule has 0 radical (unpaired) electrons. The van der Waals surface area contributed by atoms with Crippen molar-refractivity contribution in [2.45, 2.75) is 104 Å². The fourth-order valence-electron chi connectivity index (χ4n) is 6.08. The summed E-state index contributed by atoms with van der Waals surface area (Å²) in [4.78, 5) is 55.6. The lowest BCUT2D eigenvalue weighted by molar-refractivity contribution is -0.145. The van der Waals surface area contributed by atoms with Gasteiger partial charge in [-0.1, -0.05) is 99.8 Å². The topological polar surface area (TPSA) is 139 Å². The number of carbonyl (C=O) groups excluding carboxylic acids is 3. The number of nitrogens with zero attached hydrogens (tertiary/aromatic N) is 5. The van der Waals surface area contributed by atoms with Crippen molar-refractivity contribution in [3.05, 3.63) is 51.7 Å². The van der Waals surface area contributed by atoms with Crippen LogP contribution in [0.1, 0.15) is 111 Å². The van der Waals surface area contributed by atoms with Gasteiger partial charge in [0, 0.05) is 51.6 Å². The van der Waals surface area contributed by atoms with Crippen molar-refractivity contribution in [2.24, 2.45) is 0 Å². The average Bonchev–Trinajstić information content (AvgIpc) is 3.61. The largest absolute Gasteiger partial charge is 0.466 e. The van der Waals surface area contributed by atoms with Gasteiger partial charge in [0.2, 0.25) is 0 Å². The van der Waals surface area contributed by atoms with E-state index in [-0.39, 0.29) is 30.7 Å². The summed E-state index contributed by atoms with van der Waals surface area (Å²) >= 11 is 7.50. The zero-order valence-corrected chi connectivity index (χ0v) is 33.2. The van der Waals surface area contributed by atoms with Crippen LogP contribution in [0.3, 0.4) is 0 Å². The van der Waals surface area contributed by atoms with Crippen LogP contribution < -0.4 is 15.5 Å². The lowest BCUT2D eigenvalue weighted by Crippen LogP contribution is -2.47. The Balaban J connectivity index is 1.07. The van der Waals surface area contributed by atoms with E-state index in [0.717, 1.165) is 50.4 Å². The molecule has 53 heavy (non-hydrogen) atoms. The predicted octanol–water partition coefficient (Wildman–Crippen LogP) is 8.50. The number of anilines is 4. The van der Waals surface area contributed by atoms with Crippen LogP contribution in [0.5, 0.6) is 0 Å². The van der Waals surface area contributed by atoms with Crippen LogP contribution in [0.15, 0.2) is 30.5 Å². The monoisotopic (exact) mass is 769 g/mol. The highest BCUT2D eigenvalue weighted by Crippen LogP contribution is 2.28. The van der Waals surface area contributed by atoms with Gasteiger partial charge in [-0.3, -0.25) is 19.3 Å². The summed E-state index contributed by atoms with van der Waals surface area (Å²) in [5.74, 6) is 1.20. The summed E-state index contributed by atoms with van der Waals surface area (Å²) in [7, 11) is 0. The maximum atomic E-state index is 12.9. The summed E-state index contributed by atoms with van der Waals surface area (Å²) in [6.45, 7) is 10.5. The molecule has 12 nitrogen and oxygen atoms in total. The molecule has 1 aliphatic rings. The van der Waals surface area contributed by atoms with E-state index in [1.165, 1.54) is 68.9 Å². The molecule has 1 amide bonds. The van der Waals surface area contributed by atoms with Crippen molar-refractivity contribution in [3.63, 3.8) is 0 Å². The maximum absolute atomic E-state index is 12.9. The second-order valence-electron chi connectivity index (χ2n) is 13.5. The Morgan fingerprint density at radius 2 is 1.51 bits per heavy atom. The number of benzene rings is 1. The number of rotatable bonds is 23. The fourth-order valence-corrected chi connectivity index (χ4v) is 7.06. The Morgan fingerprint density at radius 3 is 2.19 bits per heavy atom. The first-order chi connectivity index (χ1) is 25.7. The van der Waals surface area contributed by atoms with E-state index >= 15 is 0 Å². The SMILES string of the molecule is CCCCCCCCCCCCOC(=O)CCCC(=O)OCCN1CCN(c2cc(Nc3ncc(C(=O)Nc4c(C)cccc4Cl)s3)nc(C)n2)CC1. The second-order valence-corrected chi connectivity index (χ2v) is 14.9. The normalized spacial score (nSPS) is 13.2. The number of halogens is 1. The molecular weight excluding hydrogens is 714 g/mol. The Hall–Kier alpha value is -3.81. The Kier molecular flexibility index (Phi) is 18.3. The Labute approximate surface area is 323 Å². The van der Waals surface area contributed by atoms with Crippen molar-refractivity contribution in [3.8, 4) is 0 Å². The number of aromatic nitrogens is 3. The van der Waals surface area contributed by atoms with Gasteiger partial charge < -0.3 is 25.0 Å². The highest BCUT2D eigenvalue weighted by atomic mass is 35.5.